The van der Waals surface area contributed by atoms with E-state index in [0.29, 0.717) is 11.0 Å². The Morgan fingerprint density at radius 3 is 1.93 bits per heavy atom. The fraction of sp³-hybridized carbons (Fsp3) is 0. The highest BCUT2D eigenvalue weighted by Crippen LogP contribution is 1.96. The highest BCUT2D eigenvalue weighted by molar-refractivity contribution is 7.92. The lowest BCUT2D eigenvalue weighted by Crippen LogP contribution is -2.05. The standard InChI is InChI=1S/C7H6O2.C2H5NO2S/c8-7(9)6-4-2-1-3-5-6;1-2-6(3,4)5/h1-5H,(H,8,9);2H,1H2,(H2,3,4,5). The van der Waals surface area contributed by atoms with Gasteiger partial charge in [-0.15, -0.1) is 0 Å². The number of hydrogen-bond acceptors (Lipinski definition) is 3. The van der Waals surface area contributed by atoms with Gasteiger partial charge in [0.2, 0.25) is 10.0 Å². The molecular weight excluding hydrogens is 218 g/mol. The molecule has 5 nitrogen and oxygen atoms in total. The summed E-state index contributed by atoms with van der Waals surface area (Å²) in [4.78, 5) is 10.2. The first-order valence-corrected chi connectivity index (χ1v) is 5.41. The van der Waals surface area contributed by atoms with E-state index in [0.717, 1.165) is 0 Å². The van der Waals surface area contributed by atoms with Gasteiger partial charge >= 0.3 is 5.97 Å². The van der Waals surface area contributed by atoms with Crippen LogP contribution in [0.5, 0.6) is 0 Å². The minimum Gasteiger partial charge on any atom is -0.478 e. The zero-order valence-electron chi connectivity index (χ0n) is 7.83. The van der Waals surface area contributed by atoms with Crippen molar-refractivity contribution in [3.05, 3.63) is 47.9 Å². The molecule has 82 valence electrons. The molecule has 0 bridgehead atoms. The van der Waals surface area contributed by atoms with Gasteiger partial charge in [-0.25, -0.2) is 18.4 Å². The van der Waals surface area contributed by atoms with Gasteiger partial charge in [0.05, 0.1) is 5.56 Å². The van der Waals surface area contributed by atoms with Crippen molar-refractivity contribution in [3.8, 4) is 0 Å². The Hall–Kier alpha value is -1.66. The fourth-order valence-electron chi connectivity index (χ4n) is 0.581. The minimum atomic E-state index is -3.40. The van der Waals surface area contributed by atoms with Crippen molar-refractivity contribution in [1.29, 1.82) is 0 Å². The summed E-state index contributed by atoms with van der Waals surface area (Å²) in [5.74, 6) is -0.879. The number of carboxylic acids is 1. The molecule has 0 heterocycles. The van der Waals surface area contributed by atoms with Crippen molar-refractivity contribution >= 4 is 16.0 Å². The smallest absolute Gasteiger partial charge is 0.335 e. The molecule has 3 N–H and O–H groups in total. The van der Waals surface area contributed by atoms with E-state index in [1.807, 2.05) is 0 Å². The zero-order valence-corrected chi connectivity index (χ0v) is 8.65. The summed E-state index contributed by atoms with van der Waals surface area (Å²) in [5.41, 5.74) is 0.331. The van der Waals surface area contributed by atoms with Gasteiger partial charge in [-0.2, -0.15) is 0 Å². The summed E-state index contributed by atoms with van der Waals surface area (Å²) in [7, 11) is -3.40. The zero-order chi connectivity index (χ0) is 11.9. The first-order chi connectivity index (χ1) is 6.87. The number of carbonyl (C=O) groups is 1. The average Bonchev–Trinajstić information content (AvgIpc) is 2.19. The van der Waals surface area contributed by atoms with E-state index in [9.17, 15) is 13.2 Å². The van der Waals surface area contributed by atoms with E-state index < -0.39 is 16.0 Å². The first-order valence-electron chi connectivity index (χ1n) is 3.80. The summed E-state index contributed by atoms with van der Waals surface area (Å²) in [6.45, 7) is 2.92. The van der Waals surface area contributed by atoms with Gasteiger partial charge in [-0.1, -0.05) is 24.8 Å². The molecule has 0 aliphatic heterocycles. The largest absolute Gasteiger partial charge is 0.478 e. The maximum absolute atomic E-state index is 10.2. The average molecular weight is 229 g/mol. The molecule has 1 rings (SSSR count). The highest BCUT2D eigenvalue weighted by atomic mass is 32.2. The SMILES string of the molecule is C=CS(N)(=O)=O.O=C(O)c1ccccc1. The van der Waals surface area contributed by atoms with Crippen LogP contribution >= 0.6 is 0 Å². The Balaban J connectivity index is 0.000000288. The number of primary sulfonamides is 1. The van der Waals surface area contributed by atoms with E-state index in [1.165, 1.54) is 0 Å². The van der Waals surface area contributed by atoms with Crippen molar-refractivity contribution in [3.63, 3.8) is 0 Å². The Morgan fingerprint density at radius 1 is 1.33 bits per heavy atom. The molecule has 15 heavy (non-hydrogen) atoms. The molecule has 1 aromatic rings. The van der Waals surface area contributed by atoms with E-state index in [2.05, 4.69) is 11.7 Å². The lowest BCUT2D eigenvalue weighted by Gasteiger charge is -1.88. The number of hydrogen-bond donors (Lipinski definition) is 2. The molecule has 0 saturated heterocycles. The number of nitrogens with two attached hydrogens (primary N) is 1. The molecule has 0 saturated carbocycles. The third kappa shape index (κ3) is 7.41. The van der Waals surface area contributed by atoms with Gasteiger partial charge in [0.25, 0.3) is 0 Å². The van der Waals surface area contributed by atoms with Gasteiger partial charge in [-0.3, -0.25) is 0 Å². The molecule has 0 fully saturated rings. The summed E-state index contributed by atoms with van der Waals surface area (Å²) in [5, 5.41) is 13.5. The second-order valence-corrected chi connectivity index (χ2v) is 3.94. The van der Waals surface area contributed by atoms with E-state index >= 15 is 0 Å². The molecule has 0 spiro atoms. The molecule has 0 radical (unpaired) electrons. The lowest BCUT2D eigenvalue weighted by molar-refractivity contribution is 0.0697. The van der Waals surface area contributed by atoms with Crippen LogP contribution in [0.3, 0.4) is 0 Å². The van der Waals surface area contributed by atoms with Crippen molar-refractivity contribution < 1.29 is 18.3 Å². The fourth-order valence-corrected chi connectivity index (χ4v) is 0.581. The van der Waals surface area contributed by atoms with Crippen LogP contribution in [-0.2, 0) is 10.0 Å². The summed E-state index contributed by atoms with van der Waals surface area (Å²) in [6, 6.07) is 8.30. The third-order valence-corrected chi connectivity index (χ3v) is 1.72. The maximum atomic E-state index is 10.2. The lowest BCUT2D eigenvalue weighted by atomic mass is 10.2. The Morgan fingerprint density at radius 2 is 1.73 bits per heavy atom. The minimum absolute atomic E-state index is 0.331. The van der Waals surface area contributed by atoms with Crippen molar-refractivity contribution in [2.24, 2.45) is 5.14 Å². The van der Waals surface area contributed by atoms with E-state index in [1.54, 1.807) is 30.3 Å². The third-order valence-electron chi connectivity index (χ3n) is 1.25. The van der Waals surface area contributed by atoms with Gasteiger partial charge in [0, 0.05) is 5.41 Å². The number of carboxylic acid groups (broad SMARTS) is 1. The van der Waals surface area contributed by atoms with Gasteiger partial charge in [0.15, 0.2) is 0 Å². The first kappa shape index (κ1) is 13.3. The maximum Gasteiger partial charge on any atom is 0.335 e. The van der Waals surface area contributed by atoms with Crippen LogP contribution < -0.4 is 5.14 Å². The molecule has 0 unspecified atom stereocenters. The quantitative estimate of drug-likeness (QED) is 0.783. The van der Waals surface area contributed by atoms with Crippen LogP contribution in [0.1, 0.15) is 10.4 Å². The summed E-state index contributed by atoms with van der Waals surface area (Å²) in [6.07, 6.45) is 0. The molecule has 1 aromatic carbocycles. The normalized spacial score (nSPS) is 9.67. The molecule has 0 amide bonds. The van der Waals surface area contributed by atoms with Crippen LogP contribution in [-0.4, -0.2) is 19.5 Å². The summed E-state index contributed by atoms with van der Waals surface area (Å²) < 4.78 is 19.3. The Labute approximate surface area is 87.9 Å². The van der Waals surface area contributed by atoms with Crippen LogP contribution in [0.2, 0.25) is 0 Å². The Kier molecular flexibility index (Phi) is 5.29. The number of aromatic carboxylic acids is 1. The van der Waals surface area contributed by atoms with Crippen molar-refractivity contribution in [1.82, 2.24) is 0 Å². The molecule has 0 atom stereocenters. The number of rotatable bonds is 2. The predicted molar refractivity (Wildman–Crippen MR) is 56.7 cm³/mol. The van der Waals surface area contributed by atoms with Gasteiger partial charge in [-0.05, 0) is 12.1 Å². The second-order valence-electron chi connectivity index (χ2n) is 2.43. The predicted octanol–water partition coefficient (Wildman–Crippen LogP) is 0.803. The van der Waals surface area contributed by atoms with Crippen LogP contribution in [0.25, 0.3) is 0 Å². The van der Waals surface area contributed by atoms with Crippen LogP contribution in [0.4, 0.5) is 0 Å². The second kappa shape index (κ2) is 5.94. The van der Waals surface area contributed by atoms with Gasteiger partial charge < -0.3 is 5.11 Å². The van der Waals surface area contributed by atoms with Crippen LogP contribution in [0.15, 0.2) is 42.3 Å². The highest BCUT2D eigenvalue weighted by Gasteiger charge is 1.96. The number of benzene rings is 1. The topological polar surface area (TPSA) is 97.5 Å². The molecule has 0 aromatic heterocycles. The van der Waals surface area contributed by atoms with E-state index in [4.69, 9.17) is 5.11 Å². The molecule has 0 aliphatic carbocycles. The van der Waals surface area contributed by atoms with Gasteiger partial charge in [0.1, 0.15) is 0 Å². The number of sulfonamides is 1. The Bertz CT molecular complexity index is 413. The van der Waals surface area contributed by atoms with Crippen molar-refractivity contribution in [2.45, 2.75) is 0 Å². The van der Waals surface area contributed by atoms with Crippen LogP contribution in [0, 0.1) is 0 Å². The molecule has 6 heteroatoms. The molecular formula is C9H11NO4S. The summed E-state index contributed by atoms with van der Waals surface area (Å²) >= 11 is 0. The van der Waals surface area contributed by atoms with E-state index in [-0.39, 0.29) is 0 Å². The monoisotopic (exact) mass is 229 g/mol. The molecule has 0 aliphatic rings. The van der Waals surface area contributed by atoms with Crippen molar-refractivity contribution in [2.75, 3.05) is 0 Å².